The number of ether oxygens (including phenoxy) is 2. The maximum Gasteiger partial charge on any atom is 0.335 e. The summed E-state index contributed by atoms with van der Waals surface area (Å²) in [4.78, 5) is 31.9. The fraction of sp³-hybridized carbons (Fsp3) is 0.444. The molecule has 84 valence electrons. The Balaban J connectivity index is 4.44. The zero-order valence-corrected chi connectivity index (χ0v) is 8.48. The Morgan fingerprint density at radius 1 is 1.27 bits per heavy atom. The summed E-state index contributed by atoms with van der Waals surface area (Å²) in [5.74, 6) is -2.72. The van der Waals surface area contributed by atoms with Crippen molar-refractivity contribution >= 4 is 17.9 Å². The average Bonchev–Trinajstić information content (AvgIpc) is 2.11. The average molecular weight is 216 g/mol. The van der Waals surface area contributed by atoms with Crippen LogP contribution in [0.25, 0.3) is 0 Å². The highest BCUT2D eigenvalue weighted by Crippen LogP contribution is 1.98. The summed E-state index contributed by atoms with van der Waals surface area (Å²) >= 11 is 0. The molecule has 0 heterocycles. The predicted octanol–water partition coefficient (Wildman–Crippen LogP) is 0.124. The van der Waals surface area contributed by atoms with Crippen LogP contribution in [-0.4, -0.2) is 36.2 Å². The monoisotopic (exact) mass is 216 g/mol. The van der Waals surface area contributed by atoms with Crippen LogP contribution < -0.4 is 0 Å². The highest BCUT2D eigenvalue weighted by molar-refractivity contribution is 5.95. The minimum atomic E-state index is -1.33. The first-order valence-corrected chi connectivity index (χ1v) is 4.21. The zero-order chi connectivity index (χ0) is 11.8. The number of carbonyl (C=O) groups is 3. The molecular weight excluding hydrogens is 204 g/mol. The lowest BCUT2D eigenvalue weighted by Gasteiger charge is -2.02. The molecule has 6 heteroatoms. The topological polar surface area (TPSA) is 89.9 Å². The van der Waals surface area contributed by atoms with Gasteiger partial charge < -0.3 is 14.6 Å². The van der Waals surface area contributed by atoms with Crippen LogP contribution >= 0.6 is 0 Å². The highest BCUT2D eigenvalue weighted by Gasteiger charge is 2.11. The van der Waals surface area contributed by atoms with E-state index < -0.39 is 24.5 Å². The first-order chi connectivity index (χ1) is 6.97. The fourth-order valence-electron chi connectivity index (χ4n) is 0.671. The molecule has 0 aliphatic rings. The van der Waals surface area contributed by atoms with Gasteiger partial charge in [-0.1, -0.05) is 0 Å². The fourth-order valence-corrected chi connectivity index (χ4v) is 0.671. The van der Waals surface area contributed by atoms with Crippen molar-refractivity contribution in [3.8, 4) is 0 Å². The molecule has 0 spiro atoms. The maximum absolute atomic E-state index is 10.9. The van der Waals surface area contributed by atoms with Crippen LogP contribution in [0.4, 0.5) is 0 Å². The summed E-state index contributed by atoms with van der Waals surface area (Å²) in [6.45, 7) is 2.43. The van der Waals surface area contributed by atoms with Gasteiger partial charge in [0.15, 0.2) is 0 Å². The maximum atomic E-state index is 10.9. The summed E-state index contributed by atoms with van der Waals surface area (Å²) < 4.78 is 8.96. The molecular formula is C9H12O6. The minimum Gasteiger partial charge on any atom is -0.478 e. The summed E-state index contributed by atoms with van der Waals surface area (Å²) in [5.41, 5.74) is -0.330. The van der Waals surface area contributed by atoms with Gasteiger partial charge in [-0.25, -0.2) is 9.59 Å². The molecule has 0 saturated carbocycles. The number of esters is 2. The second-order valence-electron chi connectivity index (χ2n) is 2.51. The smallest absolute Gasteiger partial charge is 0.335 e. The molecule has 0 bridgehead atoms. The summed E-state index contributed by atoms with van der Waals surface area (Å²) in [6, 6.07) is 0. The molecule has 0 aliphatic carbocycles. The van der Waals surface area contributed by atoms with E-state index in [9.17, 15) is 14.4 Å². The molecule has 0 aromatic heterocycles. The Hall–Kier alpha value is -1.85. The summed E-state index contributed by atoms with van der Waals surface area (Å²) in [7, 11) is 0. The number of aliphatic carboxylic acids is 1. The van der Waals surface area contributed by atoms with E-state index >= 15 is 0 Å². The number of carboxylic acid groups (broad SMARTS) is 1. The molecule has 0 rings (SSSR count). The van der Waals surface area contributed by atoms with E-state index in [1.54, 1.807) is 6.92 Å². The van der Waals surface area contributed by atoms with Crippen molar-refractivity contribution in [1.29, 1.82) is 0 Å². The van der Waals surface area contributed by atoms with E-state index in [1.165, 1.54) is 0 Å². The predicted molar refractivity (Wildman–Crippen MR) is 49.0 cm³/mol. The number of carbonyl (C=O) groups excluding carboxylic acids is 2. The third-order valence-corrected chi connectivity index (χ3v) is 1.28. The van der Waals surface area contributed by atoms with Gasteiger partial charge in [0.05, 0.1) is 12.2 Å². The van der Waals surface area contributed by atoms with Gasteiger partial charge in [0.25, 0.3) is 0 Å². The standard InChI is InChI=1S/C9H12O6/c1-3-14-8(11)4-7(9(12)13)5-15-6(2)10/h4H,3,5H2,1-2H3,(H,12,13)/b7-4+. The van der Waals surface area contributed by atoms with Crippen LogP contribution in [0, 0.1) is 0 Å². The van der Waals surface area contributed by atoms with E-state index in [4.69, 9.17) is 5.11 Å². The van der Waals surface area contributed by atoms with Gasteiger partial charge in [-0.05, 0) is 6.92 Å². The van der Waals surface area contributed by atoms with Crippen LogP contribution in [-0.2, 0) is 23.9 Å². The molecule has 0 amide bonds. The largest absolute Gasteiger partial charge is 0.478 e. The minimum absolute atomic E-state index is 0.149. The number of carboxylic acids is 1. The molecule has 0 aliphatic heterocycles. The van der Waals surface area contributed by atoms with Crippen molar-refractivity contribution in [1.82, 2.24) is 0 Å². The highest BCUT2D eigenvalue weighted by atomic mass is 16.5. The van der Waals surface area contributed by atoms with Gasteiger partial charge in [0.2, 0.25) is 0 Å². The third kappa shape index (κ3) is 6.25. The van der Waals surface area contributed by atoms with Crippen molar-refractivity contribution in [3.63, 3.8) is 0 Å². The van der Waals surface area contributed by atoms with E-state index in [2.05, 4.69) is 9.47 Å². The van der Waals surface area contributed by atoms with Gasteiger partial charge in [0, 0.05) is 13.0 Å². The molecule has 1 N–H and O–H groups in total. The van der Waals surface area contributed by atoms with Crippen LogP contribution in [0.2, 0.25) is 0 Å². The number of hydrogen-bond acceptors (Lipinski definition) is 5. The molecule has 0 radical (unpaired) electrons. The van der Waals surface area contributed by atoms with Crippen molar-refractivity contribution < 1.29 is 29.0 Å². The second-order valence-corrected chi connectivity index (χ2v) is 2.51. The van der Waals surface area contributed by atoms with Gasteiger partial charge in [-0.2, -0.15) is 0 Å². The van der Waals surface area contributed by atoms with E-state index in [1.807, 2.05) is 0 Å². The Labute approximate surface area is 86.5 Å². The molecule has 6 nitrogen and oxygen atoms in total. The van der Waals surface area contributed by atoms with E-state index in [0.29, 0.717) is 0 Å². The van der Waals surface area contributed by atoms with Crippen molar-refractivity contribution in [2.75, 3.05) is 13.2 Å². The lowest BCUT2D eigenvalue weighted by atomic mass is 10.2. The summed E-state index contributed by atoms with van der Waals surface area (Å²) in [6.07, 6.45) is 0.786. The van der Waals surface area contributed by atoms with Gasteiger partial charge in [-0.3, -0.25) is 4.79 Å². The normalized spacial score (nSPS) is 10.7. The number of rotatable bonds is 5. The number of hydrogen-bond donors (Lipinski definition) is 1. The lowest BCUT2D eigenvalue weighted by molar-refractivity contribution is -0.142. The van der Waals surface area contributed by atoms with Crippen molar-refractivity contribution in [2.24, 2.45) is 0 Å². The van der Waals surface area contributed by atoms with Crippen LogP contribution in [0.1, 0.15) is 13.8 Å². The summed E-state index contributed by atoms with van der Waals surface area (Å²) in [5, 5.41) is 8.64. The van der Waals surface area contributed by atoms with Crippen LogP contribution in [0.5, 0.6) is 0 Å². The van der Waals surface area contributed by atoms with Gasteiger partial charge >= 0.3 is 17.9 Å². The second kappa shape index (κ2) is 6.58. The molecule has 0 fully saturated rings. The molecule has 15 heavy (non-hydrogen) atoms. The van der Waals surface area contributed by atoms with Crippen molar-refractivity contribution in [3.05, 3.63) is 11.6 Å². The quantitative estimate of drug-likeness (QED) is 0.518. The van der Waals surface area contributed by atoms with E-state index in [-0.39, 0.29) is 12.2 Å². The molecule has 0 saturated heterocycles. The SMILES string of the molecule is CCOC(=O)/C=C(\COC(C)=O)C(=O)O. The Morgan fingerprint density at radius 3 is 2.27 bits per heavy atom. The Kier molecular flexibility index (Phi) is 5.77. The Morgan fingerprint density at radius 2 is 1.87 bits per heavy atom. The van der Waals surface area contributed by atoms with Crippen molar-refractivity contribution in [2.45, 2.75) is 13.8 Å². The molecule has 0 aromatic carbocycles. The van der Waals surface area contributed by atoms with Crippen LogP contribution in [0.3, 0.4) is 0 Å². The van der Waals surface area contributed by atoms with Gasteiger partial charge in [0.1, 0.15) is 6.61 Å². The lowest BCUT2D eigenvalue weighted by Crippen LogP contribution is -2.13. The molecule has 0 aromatic rings. The molecule has 0 atom stereocenters. The van der Waals surface area contributed by atoms with Crippen LogP contribution in [0.15, 0.2) is 11.6 Å². The van der Waals surface area contributed by atoms with Gasteiger partial charge in [-0.15, -0.1) is 0 Å². The first-order valence-electron chi connectivity index (χ1n) is 4.21. The molecule has 0 unspecified atom stereocenters. The third-order valence-electron chi connectivity index (χ3n) is 1.28. The van der Waals surface area contributed by atoms with E-state index in [0.717, 1.165) is 13.0 Å². The zero-order valence-electron chi connectivity index (χ0n) is 8.48. The first kappa shape index (κ1) is 13.2. The Bertz CT molecular complexity index is 291.